The van der Waals surface area contributed by atoms with E-state index >= 15 is 0 Å². The van der Waals surface area contributed by atoms with Crippen LogP contribution in [0.25, 0.3) is 0 Å². The summed E-state index contributed by atoms with van der Waals surface area (Å²) in [5, 5.41) is 23.0. The lowest BCUT2D eigenvalue weighted by Crippen LogP contribution is -2.39. The van der Waals surface area contributed by atoms with Crippen LogP contribution in [0.4, 0.5) is 0 Å². The van der Waals surface area contributed by atoms with Crippen molar-refractivity contribution in [2.75, 3.05) is 19.5 Å². The fourth-order valence-electron chi connectivity index (χ4n) is 2.74. The molecule has 0 spiro atoms. The third kappa shape index (κ3) is 4.94. The van der Waals surface area contributed by atoms with Crippen LogP contribution in [-0.2, 0) is 16.1 Å². The molecule has 1 aliphatic heterocycles. The Morgan fingerprint density at radius 1 is 1.38 bits per heavy atom. The van der Waals surface area contributed by atoms with E-state index in [4.69, 9.17) is 4.74 Å². The highest BCUT2D eigenvalue weighted by atomic mass is 31.2. The summed E-state index contributed by atoms with van der Waals surface area (Å²) < 4.78 is 6.75. The first kappa shape index (κ1) is 20.6. The number of aromatic amines is 1. The van der Waals surface area contributed by atoms with Gasteiger partial charge >= 0.3 is 5.69 Å². The number of carbonyl (C=O) groups is 1. The highest BCUT2D eigenvalue weighted by Crippen LogP contribution is 2.39. The predicted molar refractivity (Wildman–Crippen MR) is 100 cm³/mol. The van der Waals surface area contributed by atoms with Crippen molar-refractivity contribution in [2.24, 2.45) is 0 Å². The van der Waals surface area contributed by atoms with Crippen LogP contribution in [0, 0.1) is 0 Å². The van der Waals surface area contributed by atoms with Gasteiger partial charge in [0, 0.05) is 19.7 Å². The quantitative estimate of drug-likeness (QED) is 0.458. The molecule has 0 aromatic carbocycles. The summed E-state index contributed by atoms with van der Waals surface area (Å²) >= 11 is 0. The molecule has 0 radical (unpaired) electrons. The Bertz CT molecular complexity index is 826. The Morgan fingerprint density at radius 2 is 2.04 bits per heavy atom. The summed E-state index contributed by atoms with van der Waals surface area (Å²) in [6, 6.07) is 0. The molecule has 2 heterocycles. The summed E-state index contributed by atoms with van der Waals surface area (Å²) in [6.45, 7) is 4.03. The first-order chi connectivity index (χ1) is 12.0. The zero-order valence-electron chi connectivity index (χ0n) is 15.1. The minimum atomic E-state index is -1.33. The van der Waals surface area contributed by atoms with E-state index in [9.17, 15) is 24.6 Å². The SMILES string of the molecule is C=P(C)(C)CCC1OC(n2cc(CNC(C)=O)c(=O)[nH]c2=O)[C@H](O)[C@@H]1O. The Kier molecular flexibility index (Phi) is 6.29. The Hall–Kier alpha value is -1.67. The Morgan fingerprint density at radius 3 is 2.62 bits per heavy atom. The molecule has 2 rings (SSSR count). The number of amides is 1. The van der Waals surface area contributed by atoms with Gasteiger partial charge in [-0.1, -0.05) is 0 Å². The van der Waals surface area contributed by atoms with Crippen molar-refractivity contribution in [1.29, 1.82) is 0 Å². The fourth-order valence-corrected chi connectivity index (χ4v) is 3.69. The summed E-state index contributed by atoms with van der Waals surface area (Å²) in [6.07, 6.45) is 2.40. The molecule has 9 nitrogen and oxygen atoms in total. The topological polar surface area (TPSA) is 134 Å². The van der Waals surface area contributed by atoms with Gasteiger partial charge in [-0.05, 0) is 25.9 Å². The zero-order chi connectivity index (χ0) is 19.6. The first-order valence-corrected chi connectivity index (χ1v) is 11.3. The van der Waals surface area contributed by atoms with Gasteiger partial charge in [0.1, 0.15) is 12.2 Å². The van der Waals surface area contributed by atoms with Crippen molar-refractivity contribution >= 4 is 19.1 Å². The largest absolute Gasteiger partial charge is 0.388 e. The van der Waals surface area contributed by atoms with Crippen LogP contribution >= 0.6 is 6.89 Å². The summed E-state index contributed by atoms with van der Waals surface area (Å²) in [4.78, 5) is 37.2. The maximum Gasteiger partial charge on any atom is 0.330 e. The molecule has 1 aliphatic rings. The molecule has 1 saturated heterocycles. The molecule has 26 heavy (non-hydrogen) atoms. The lowest BCUT2D eigenvalue weighted by atomic mass is 10.1. The lowest BCUT2D eigenvalue weighted by Gasteiger charge is -2.19. The highest BCUT2D eigenvalue weighted by molar-refractivity contribution is 7.72. The van der Waals surface area contributed by atoms with Gasteiger partial charge in [0.05, 0.1) is 11.7 Å². The fraction of sp³-hybridized carbons (Fsp3) is 0.625. The zero-order valence-corrected chi connectivity index (χ0v) is 16.0. The second-order valence-electron chi connectivity index (χ2n) is 7.22. The molecular formula is C16H26N3O6P. The van der Waals surface area contributed by atoms with E-state index in [0.717, 1.165) is 10.7 Å². The third-order valence-electron chi connectivity index (χ3n) is 4.20. The minimum absolute atomic E-state index is 0.0695. The number of nitrogens with one attached hydrogen (secondary N) is 2. The van der Waals surface area contributed by atoms with Crippen LogP contribution < -0.4 is 16.6 Å². The number of aromatic nitrogens is 2. The Labute approximate surface area is 151 Å². The van der Waals surface area contributed by atoms with Crippen molar-refractivity contribution in [3.63, 3.8) is 0 Å². The van der Waals surface area contributed by atoms with Gasteiger partial charge in [-0.25, -0.2) is 4.79 Å². The van der Waals surface area contributed by atoms with Crippen LogP contribution in [-0.4, -0.2) is 69.8 Å². The van der Waals surface area contributed by atoms with Crippen LogP contribution in [0.3, 0.4) is 0 Å². The van der Waals surface area contributed by atoms with Gasteiger partial charge in [-0.15, -0.1) is 13.2 Å². The molecule has 146 valence electrons. The number of rotatable bonds is 6. The van der Waals surface area contributed by atoms with E-state index in [2.05, 4.69) is 29.9 Å². The standard InChI is InChI=1S/C16H26N3O6P/c1-9(20)17-7-10-8-19(16(24)18-14(10)23)15-13(22)12(21)11(25-15)5-6-26(2,3)4/h8,11-13,15,21-22H,2,5-7H2,1,3-4H3,(H,17,20)(H,18,23,24)/t11?,12-,13-,15?/m1/s1. The van der Waals surface area contributed by atoms with Crippen molar-refractivity contribution in [1.82, 2.24) is 14.9 Å². The van der Waals surface area contributed by atoms with Crippen LogP contribution in [0.15, 0.2) is 15.8 Å². The van der Waals surface area contributed by atoms with Gasteiger partial charge in [0.25, 0.3) is 5.56 Å². The van der Waals surface area contributed by atoms with Crippen molar-refractivity contribution in [2.45, 2.75) is 44.4 Å². The molecule has 1 amide bonds. The van der Waals surface area contributed by atoms with E-state index in [-0.39, 0.29) is 18.0 Å². The minimum Gasteiger partial charge on any atom is -0.388 e. The number of carbonyl (C=O) groups excluding carboxylic acids is 1. The number of aliphatic hydroxyl groups excluding tert-OH is 2. The average molecular weight is 387 g/mol. The van der Waals surface area contributed by atoms with Crippen molar-refractivity contribution < 1.29 is 19.7 Å². The monoisotopic (exact) mass is 387 g/mol. The van der Waals surface area contributed by atoms with Crippen molar-refractivity contribution in [3.05, 3.63) is 32.6 Å². The van der Waals surface area contributed by atoms with Gasteiger partial charge < -0.3 is 20.3 Å². The van der Waals surface area contributed by atoms with Gasteiger partial charge in [0.2, 0.25) is 5.91 Å². The van der Waals surface area contributed by atoms with Gasteiger partial charge in [-0.2, -0.15) is 0 Å². The van der Waals surface area contributed by atoms with Gasteiger partial charge in [0.15, 0.2) is 6.23 Å². The van der Waals surface area contributed by atoms with Crippen LogP contribution in [0.1, 0.15) is 25.1 Å². The summed E-state index contributed by atoms with van der Waals surface area (Å²) in [5.74, 6) is -0.325. The molecule has 10 heteroatoms. The molecule has 1 aromatic rings. The van der Waals surface area contributed by atoms with Crippen LogP contribution in [0.2, 0.25) is 0 Å². The molecule has 2 unspecified atom stereocenters. The number of H-pyrrole nitrogens is 1. The molecule has 1 fully saturated rings. The Balaban J connectivity index is 2.25. The number of nitrogens with zero attached hydrogens (tertiary/aromatic N) is 1. The number of aliphatic hydroxyl groups is 2. The lowest BCUT2D eigenvalue weighted by molar-refractivity contribution is -0.119. The smallest absolute Gasteiger partial charge is 0.330 e. The second-order valence-corrected chi connectivity index (χ2v) is 11.5. The van der Waals surface area contributed by atoms with E-state index in [1.165, 1.54) is 13.1 Å². The number of hydrogen-bond donors (Lipinski definition) is 4. The second kappa shape index (κ2) is 7.92. The maximum absolute atomic E-state index is 12.1. The molecule has 0 bridgehead atoms. The molecule has 0 aliphatic carbocycles. The molecular weight excluding hydrogens is 361 g/mol. The third-order valence-corrected chi connectivity index (χ3v) is 5.67. The van der Waals surface area contributed by atoms with E-state index < -0.39 is 42.7 Å². The summed E-state index contributed by atoms with van der Waals surface area (Å²) in [7, 11) is 0. The van der Waals surface area contributed by atoms with Gasteiger partial charge in [-0.3, -0.25) is 19.1 Å². The van der Waals surface area contributed by atoms with Crippen molar-refractivity contribution in [3.8, 4) is 0 Å². The van der Waals surface area contributed by atoms with E-state index in [0.29, 0.717) is 6.42 Å². The van der Waals surface area contributed by atoms with E-state index in [1.54, 1.807) is 0 Å². The number of hydrogen-bond acceptors (Lipinski definition) is 6. The van der Waals surface area contributed by atoms with Crippen LogP contribution in [0.5, 0.6) is 0 Å². The van der Waals surface area contributed by atoms with E-state index in [1.807, 2.05) is 0 Å². The first-order valence-electron chi connectivity index (χ1n) is 8.27. The maximum atomic E-state index is 12.1. The normalized spacial score (nSPS) is 26.0. The predicted octanol–water partition coefficient (Wildman–Crippen LogP) is -1.11. The number of ether oxygens (including phenoxy) is 1. The molecule has 4 N–H and O–H groups in total. The molecule has 4 atom stereocenters. The molecule has 0 saturated carbocycles. The average Bonchev–Trinajstić information content (AvgIpc) is 2.79. The highest BCUT2D eigenvalue weighted by Gasteiger charge is 2.44. The summed E-state index contributed by atoms with van der Waals surface area (Å²) in [5.41, 5.74) is -1.25. The molecule has 1 aromatic heterocycles.